The Morgan fingerprint density at radius 1 is 1.30 bits per heavy atom. The molecule has 3 rings (SSSR count). The standard InChI is InChI=1S/C16H24N2OS/c1-20(19)10-9-18-12-15(13-7-8-13)17-11-16(18)14-5-3-2-4-6-14/h2-6,13,15-17H,7-12H2,1H3. The molecular formula is C16H24N2OS. The molecule has 110 valence electrons. The fourth-order valence-corrected chi connectivity index (χ4v) is 3.64. The van der Waals surface area contributed by atoms with Crippen LogP contribution in [0.3, 0.4) is 0 Å². The molecule has 0 spiro atoms. The lowest BCUT2D eigenvalue weighted by atomic mass is 9.99. The Balaban J connectivity index is 1.71. The largest absolute Gasteiger partial charge is 0.311 e. The predicted octanol–water partition coefficient (Wildman–Crippen LogP) is 1.79. The number of nitrogens with zero attached hydrogens (tertiary/aromatic N) is 1. The Morgan fingerprint density at radius 3 is 2.70 bits per heavy atom. The van der Waals surface area contributed by atoms with E-state index in [9.17, 15) is 4.21 Å². The number of hydrogen-bond acceptors (Lipinski definition) is 3. The van der Waals surface area contributed by atoms with E-state index in [0.29, 0.717) is 12.1 Å². The molecule has 3 nitrogen and oxygen atoms in total. The van der Waals surface area contributed by atoms with Crippen molar-refractivity contribution in [2.75, 3.05) is 31.6 Å². The highest BCUT2D eigenvalue weighted by molar-refractivity contribution is 7.84. The van der Waals surface area contributed by atoms with Gasteiger partial charge in [-0.2, -0.15) is 0 Å². The van der Waals surface area contributed by atoms with Crippen molar-refractivity contribution in [2.24, 2.45) is 5.92 Å². The molecule has 1 heterocycles. The Hall–Kier alpha value is -0.710. The van der Waals surface area contributed by atoms with Gasteiger partial charge < -0.3 is 5.32 Å². The topological polar surface area (TPSA) is 32.3 Å². The number of rotatable bonds is 5. The van der Waals surface area contributed by atoms with Gasteiger partial charge >= 0.3 is 0 Å². The van der Waals surface area contributed by atoms with Crippen molar-refractivity contribution < 1.29 is 4.21 Å². The first kappa shape index (κ1) is 14.2. The average Bonchev–Trinajstić information content (AvgIpc) is 3.30. The van der Waals surface area contributed by atoms with Crippen LogP contribution in [0.4, 0.5) is 0 Å². The first-order chi connectivity index (χ1) is 9.74. The summed E-state index contributed by atoms with van der Waals surface area (Å²) in [6.07, 6.45) is 4.56. The summed E-state index contributed by atoms with van der Waals surface area (Å²) in [6, 6.07) is 11.8. The molecule has 0 aromatic heterocycles. The van der Waals surface area contributed by atoms with Gasteiger partial charge in [0.05, 0.1) is 0 Å². The van der Waals surface area contributed by atoms with Crippen LogP contribution in [-0.4, -0.2) is 46.8 Å². The highest BCUT2D eigenvalue weighted by Gasteiger charge is 2.37. The van der Waals surface area contributed by atoms with Crippen LogP contribution in [0.15, 0.2) is 30.3 Å². The summed E-state index contributed by atoms with van der Waals surface area (Å²) >= 11 is 0. The molecule has 2 fully saturated rings. The molecule has 1 aliphatic carbocycles. The second-order valence-electron chi connectivity index (χ2n) is 6.05. The van der Waals surface area contributed by atoms with E-state index in [4.69, 9.17) is 0 Å². The summed E-state index contributed by atoms with van der Waals surface area (Å²) < 4.78 is 11.4. The van der Waals surface area contributed by atoms with Gasteiger partial charge in [0.2, 0.25) is 0 Å². The highest BCUT2D eigenvalue weighted by atomic mass is 32.2. The maximum atomic E-state index is 11.4. The summed E-state index contributed by atoms with van der Waals surface area (Å²) in [4.78, 5) is 2.54. The summed E-state index contributed by atoms with van der Waals surface area (Å²) in [5, 5.41) is 3.73. The van der Waals surface area contributed by atoms with Gasteiger partial charge in [0.15, 0.2) is 0 Å². The number of piperazine rings is 1. The van der Waals surface area contributed by atoms with Crippen LogP contribution in [0.2, 0.25) is 0 Å². The van der Waals surface area contributed by atoms with Crippen LogP contribution in [0, 0.1) is 5.92 Å². The quantitative estimate of drug-likeness (QED) is 0.898. The van der Waals surface area contributed by atoms with Crippen molar-refractivity contribution in [1.82, 2.24) is 10.2 Å². The van der Waals surface area contributed by atoms with Crippen LogP contribution >= 0.6 is 0 Å². The first-order valence-electron chi connectivity index (χ1n) is 7.56. The predicted molar refractivity (Wildman–Crippen MR) is 84.2 cm³/mol. The second-order valence-corrected chi connectivity index (χ2v) is 7.61. The number of benzene rings is 1. The van der Waals surface area contributed by atoms with Crippen molar-refractivity contribution in [1.29, 1.82) is 0 Å². The smallest absolute Gasteiger partial charge is 0.0473 e. The Bertz CT molecular complexity index is 461. The highest BCUT2D eigenvalue weighted by Crippen LogP contribution is 2.36. The van der Waals surface area contributed by atoms with E-state index in [1.54, 1.807) is 6.26 Å². The van der Waals surface area contributed by atoms with E-state index in [1.807, 2.05) is 0 Å². The third-order valence-corrected chi connectivity index (χ3v) is 5.24. The van der Waals surface area contributed by atoms with Crippen molar-refractivity contribution in [3.05, 3.63) is 35.9 Å². The summed E-state index contributed by atoms with van der Waals surface area (Å²) in [5.74, 6) is 1.65. The van der Waals surface area contributed by atoms with Crippen molar-refractivity contribution >= 4 is 10.8 Å². The zero-order valence-electron chi connectivity index (χ0n) is 12.1. The lowest BCUT2D eigenvalue weighted by Gasteiger charge is -2.41. The van der Waals surface area contributed by atoms with Crippen molar-refractivity contribution in [3.63, 3.8) is 0 Å². The monoisotopic (exact) mass is 292 g/mol. The van der Waals surface area contributed by atoms with Gasteiger partial charge in [-0.15, -0.1) is 0 Å². The van der Waals surface area contributed by atoms with Gasteiger partial charge in [-0.05, 0) is 24.3 Å². The fraction of sp³-hybridized carbons (Fsp3) is 0.625. The number of nitrogens with one attached hydrogen (secondary N) is 1. The number of hydrogen-bond donors (Lipinski definition) is 1. The summed E-state index contributed by atoms with van der Waals surface area (Å²) in [6.45, 7) is 3.05. The van der Waals surface area contributed by atoms with E-state index in [1.165, 1.54) is 18.4 Å². The molecule has 0 amide bonds. The van der Waals surface area contributed by atoms with Crippen molar-refractivity contribution in [2.45, 2.75) is 24.9 Å². The van der Waals surface area contributed by atoms with Gasteiger partial charge in [0, 0.05) is 54.5 Å². The normalized spacial score (nSPS) is 29.2. The van der Waals surface area contributed by atoms with Crippen LogP contribution in [0.25, 0.3) is 0 Å². The maximum absolute atomic E-state index is 11.4. The minimum atomic E-state index is -0.707. The first-order valence-corrected chi connectivity index (χ1v) is 9.29. The van der Waals surface area contributed by atoms with Crippen molar-refractivity contribution in [3.8, 4) is 0 Å². The van der Waals surface area contributed by atoms with Crippen LogP contribution in [0.1, 0.15) is 24.4 Å². The van der Waals surface area contributed by atoms with Crippen LogP contribution < -0.4 is 5.32 Å². The zero-order valence-corrected chi connectivity index (χ0v) is 12.9. The SMILES string of the molecule is CS(=O)CCN1CC(C2CC2)NCC1c1ccccc1. The van der Waals surface area contributed by atoms with E-state index in [0.717, 1.165) is 31.3 Å². The maximum Gasteiger partial charge on any atom is 0.0473 e. The van der Waals surface area contributed by atoms with Gasteiger partial charge in [0.1, 0.15) is 0 Å². The second kappa shape index (κ2) is 6.37. The lowest BCUT2D eigenvalue weighted by molar-refractivity contribution is 0.130. The molecule has 4 heteroatoms. The van der Waals surface area contributed by atoms with E-state index < -0.39 is 10.8 Å². The van der Waals surface area contributed by atoms with E-state index in [-0.39, 0.29) is 0 Å². The molecule has 1 saturated carbocycles. The zero-order chi connectivity index (χ0) is 13.9. The molecule has 1 saturated heterocycles. The molecule has 20 heavy (non-hydrogen) atoms. The van der Waals surface area contributed by atoms with E-state index >= 15 is 0 Å². The molecule has 1 aromatic rings. The minimum Gasteiger partial charge on any atom is -0.311 e. The summed E-state index contributed by atoms with van der Waals surface area (Å²) in [5.41, 5.74) is 1.37. The Morgan fingerprint density at radius 2 is 2.05 bits per heavy atom. The van der Waals surface area contributed by atoms with E-state index in [2.05, 4.69) is 40.5 Å². The van der Waals surface area contributed by atoms with Crippen LogP contribution in [0.5, 0.6) is 0 Å². The molecule has 1 aliphatic heterocycles. The third kappa shape index (κ3) is 3.48. The molecule has 0 bridgehead atoms. The minimum absolute atomic E-state index is 0.426. The molecule has 1 aromatic carbocycles. The van der Waals surface area contributed by atoms with Crippen LogP contribution in [-0.2, 0) is 10.8 Å². The lowest BCUT2D eigenvalue weighted by Crippen LogP contribution is -2.53. The molecule has 0 radical (unpaired) electrons. The summed E-state index contributed by atoms with van der Waals surface area (Å²) in [7, 11) is -0.707. The molecular weight excluding hydrogens is 268 g/mol. The fourth-order valence-electron chi connectivity index (χ4n) is 3.15. The Kier molecular flexibility index (Phi) is 4.54. The molecule has 2 aliphatic rings. The Labute approximate surface area is 124 Å². The van der Waals surface area contributed by atoms with Gasteiger partial charge in [-0.3, -0.25) is 9.11 Å². The van der Waals surface area contributed by atoms with Gasteiger partial charge in [-0.25, -0.2) is 0 Å². The molecule has 1 N–H and O–H groups in total. The van der Waals surface area contributed by atoms with Gasteiger partial charge in [-0.1, -0.05) is 30.3 Å². The average molecular weight is 292 g/mol. The molecule has 3 atom stereocenters. The third-order valence-electron chi connectivity index (χ3n) is 4.49. The molecule has 3 unspecified atom stereocenters. The van der Waals surface area contributed by atoms with Gasteiger partial charge in [0.25, 0.3) is 0 Å².